The number of nitrogens with zero attached hydrogens (tertiary/aromatic N) is 1. The van der Waals surface area contributed by atoms with Gasteiger partial charge in [0.1, 0.15) is 0 Å². The number of aromatic hydroxyl groups is 1. The van der Waals surface area contributed by atoms with Gasteiger partial charge in [0, 0.05) is 36.8 Å². The van der Waals surface area contributed by atoms with E-state index in [9.17, 15) is 9.90 Å². The first-order valence-corrected chi connectivity index (χ1v) is 6.44. The summed E-state index contributed by atoms with van der Waals surface area (Å²) in [6.45, 7) is 1.12. The van der Waals surface area contributed by atoms with E-state index in [1.807, 2.05) is 0 Å². The molecule has 0 aromatic heterocycles. The molecule has 5 nitrogen and oxygen atoms in total. The summed E-state index contributed by atoms with van der Waals surface area (Å²) < 4.78 is 5.04. The highest BCUT2D eigenvalue weighted by molar-refractivity contribution is 6.30. The number of hydrogen-bond acceptors (Lipinski definition) is 4. The largest absolute Gasteiger partial charge is 0.504 e. The van der Waals surface area contributed by atoms with Crippen LogP contribution in [-0.4, -0.2) is 42.7 Å². The molecule has 0 spiro atoms. The first-order valence-electron chi connectivity index (χ1n) is 6.06. The summed E-state index contributed by atoms with van der Waals surface area (Å²) in [6, 6.07) is 3.01. The van der Waals surface area contributed by atoms with E-state index < -0.39 is 0 Å². The maximum atomic E-state index is 11.8. The van der Waals surface area contributed by atoms with Crippen molar-refractivity contribution < 1.29 is 14.6 Å². The molecule has 1 aromatic rings. The highest BCUT2D eigenvalue weighted by Gasteiger charge is 2.28. The summed E-state index contributed by atoms with van der Waals surface area (Å²) in [5.41, 5.74) is 0.617. The molecule has 1 aliphatic heterocycles. The molecule has 19 heavy (non-hydrogen) atoms. The Hall–Kier alpha value is -1.46. The third-order valence-electron chi connectivity index (χ3n) is 3.30. The molecule has 1 amide bonds. The molecule has 6 heteroatoms. The van der Waals surface area contributed by atoms with Gasteiger partial charge in [0.25, 0.3) is 0 Å². The number of nitrogens with one attached hydrogen (secondary N) is 1. The summed E-state index contributed by atoms with van der Waals surface area (Å²) in [4.78, 5) is 13.4. The van der Waals surface area contributed by atoms with Crippen LogP contribution in [0.1, 0.15) is 12.0 Å². The Bertz CT molecular complexity index is 493. The van der Waals surface area contributed by atoms with Crippen LogP contribution in [0.2, 0.25) is 5.02 Å². The molecular weight excluding hydrogens is 268 g/mol. The van der Waals surface area contributed by atoms with Gasteiger partial charge in [-0.3, -0.25) is 4.79 Å². The first-order chi connectivity index (χ1) is 9.02. The van der Waals surface area contributed by atoms with Gasteiger partial charge in [-0.15, -0.1) is 0 Å². The molecule has 0 aliphatic carbocycles. The SMILES string of the molecule is COc1cc(Cl)cc(CNC2CCN(C)C2=O)c1O. The second-order valence-corrected chi connectivity index (χ2v) is 5.03. The molecule has 1 saturated heterocycles. The van der Waals surface area contributed by atoms with Crippen molar-refractivity contribution >= 4 is 17.5 Å². The molecule has 104 valence electrons. The minimum Gasteiger partial charge on any atom is -0.504 e. The van der Waals surface area contributed by atoms with Crippen LogP contribution in [0.15, 0.2) is 12.1 Å². The summed E-state index contributed by atoms with van der Waals surface area (Å²) in [7, 11) is 3.25. The van der Waals surface area contributed by atoms with Gasteiger partial charge in [-0.1, -0.05) is 11.6 Å². The molecule has 2 rings (SSSR count). The van der Waals surface area contributed by atoms with Crippen LogP contribution >= 0.6 is 11.6 Å². The molecule has 1 unspecified atom stereocenters. The zero-order chi connectivity index (χ0) is 14.0. The molecule has 1 aromatic carbocycles. The van der Waals surface area contributed by atoms with Crippen molar-refractivity contribution in [2.24, 2.45) is 0 Å². The van der Waals surface area contributed by atoms with Gasteiger partial charge in [0.05, 0.1) is 13.2 Å². The maximum absolute atomic E-state index is 11.8. The molecule has 1 heterocycles. The minimum absolute atomic E-state index is 0.0539. The van der Waals surface area contributed by atoms with E-state index in [1.165, 1.54) is 7.11 Å². The van der Waals surface area contributed by atoms with E-state index in [-0.39, 0.29) is 17.7 Å². The van der Waals surface area contributed by atoms with E-state index in [0.29, 0.717) is 22.9 Å². The van der Waals surface area contributed by atoms with Crippen LogP contribution in [0.5, 0.6) is 11.5 Å². The fourth-order valence-corrected chi connectivity index (χ4v) is 2.39. The molecule has 0 radical (unpaired) electrons. The number of likely N-dealkylation sites (N-methyl/N-ethyl adjacent to an activating group) is 1. The highest BCUT2D eigenvalue weighted by Crippen LogP contribution is 2.33. The maximum Gasteiger partial charge on any atom is 0.239 e. The summed E-state index contributed by atoms with van der Waals surface area (Å²) >= 11 is 5.95. The second kappa shape index (κ2) is 5.67. The fraction of sp³-hybridized carbons (Fsp3) is 0.462. The van der Waals surface area contributed by atoms with Gasteiger partial charge in [0.15, 0.2) is 11.5 Å². The van der Waals surface area contributed by atoms with Crippen molar-refractivity contribution in [1.82, 2.24) is 10.2 Å². The number of likely N-dealkylation sites (tertiary alicyclic amines) is 1. The van der Waals surface area contributed by atoms with Gasteiger partial charge in [-0.25, -0.2) is 0 Å². The van der Waals surface area contributed by atoms with Crippen molar-refractivity contribution in [3.63, 3.8) is 0 Å². The van der Waals surface area contributed by atoms with Crippen molar-refractivity contribution in [3.8, 4) is 11.5 Å². The average Bonchev–Trinajstić information content (AvgIpc) is 2.70. The number of halogens is 1. The van der Waals surface area contributed by atoms with E-state index in [1.54, 1.807) is 24.1 Å². The quantitative estimate of drug-likeness (QED) is 0.877. The predicted octanol–water partition coefficient (Wildman–Crippen LogP) is 1.37. The van der Waals surface area contributed by atoms with Crippen molar-refractivity contribution in [2.75, 3.05) is 20.7 Å². The number of phenols is 1. The molecule has 1 aliphatic rings. The van der Waals surface area contributed by atoms with Crippen LogP contribution in [0.3, 0.4) is 0 Å². The molecule has 1 atom stereocenters. The lowest BCUT2D eigenvalue weighted by molar-refractivity contribution is -0.128. The summed E-state index contributed by atoms with van der Waals surface area (Å²) in [5, 5.41) is 13.6. The predicted molar refractivity (Wildman–Crippen MR) is 72.6 cm³/mol. The van der Waals surface area contributed by atoms with E-state index in [2.05, 4.69) is 5.32 Å². The molecule has 0 saturated carbocycles. The van der Waals surface area contributed by atoms with Gasteiger partial charge >= 0.3 is 0 Å². The van der Waals surface area contributed by atoms with Crippen LogP contribution in [-0.2, 0) is 11.3 Å². The monoisotopic (exact) mass is 284 g/mol. The Kier molecular flexibility index (Phi) is 4.17. The van der Waals surface area contributed by atoms with Gasteiger partial charge in [-0.2, -0.15) is 0 Å². The summed E-state index contributed by atoms with van der Waals surface area (Å²) in [5.74, 6) is 0.464. The number of methoxy groups -OCH3 is 1. The van der Waals surface area contributed by atoms with E-state index >= 15 is 0 Å². The Balaban J connectivity index is 2.07. The minimum atomic E-state index is -0.200. The van der Waals surface area contributed by atoms with Crippen molar-refractivity contribution in [3.05, 3.63) is 22.7 Å². The van der Waals surface area contributed by atoms with Gasteiger partial charge in [0.2, 0.25) is 5.91 Å². The zero-order valence-electron chi connectivity index (χ0n) is 10.9. The lowest BCUT2D eigenvalue weighted by atomic mass is 10.1. The van der Waals surface area contributed by atoms with E-state index in [0.717, 1.165) is 13.0 Å². The average molecular weight is 285 g/mol. The number of phenolic OH excluding ortho intramolecular Hbond substituents is 1. The number of rotatable bonds is 4. The Labute approximate surface area is 117 Å². The van der Waals surface area contributed by atoms with Gasteiger partial charge in [-0.05, 0) is 12.5 Å². The fourth-order valence-electron chi connectivity index (χ4n) is 2.16. The lowest BCUT2D eigenvalue weighted by Gasteiger charge is -2.14. The smallest absolute Gasteiger partial charge is 0.239 e. The lowest BCUT2D eigenvalue weighted by Crippen LogP contribution is -2.36. The number of carbonyl (C=O) groups excluding carboxylic acids is 1. The van der Waals surface area contributed by atoms with Crippen molar-refractivity contribution in [1.29, 1.82) is 0 Å². The Morgan fingerprint density at radius 1 is 1.58 bits per heavy atom. The number of benzene rings is 1. The van der Waals surface area contributed by atoms with Crippen LogP contribution in [0, 0.1) is 0 Å². The normalized spacial score (nSPS) is 19.0. The second-order valence-electron chi connectivity index (χ2n) is 4.60. The number of amides is 1. The van der Waals surface area contributed by atoms with E-state index in [4.69, 9.17) is 16.3 Å². The number of hydrogen-bond donors (Lipinski definition) is 2. The molecule has 1 fully saturated rings. The van der Waals surface area contributed by atoms with Crippen LogP contribution < -0.4 is 10.1 Å². The number of carbonyl (C=O) groups is 1. The third kappa shape index (κ3) is 2.93. The molecule has 0 bridgehead atoms. The third-order valence-corrected chi connectivity index (χ3v) is 3.52. The van der Waals surface area contributed by atoms with Crippen LogP contribution in [0.4, 0.5) is 0 Å². The number of ether oxygens (including phenoxy) is 1. The topological polar surface area (TPSA) is 61.8 Å². The Morgan fingerprint density at radius 2 is 2.32 bits per heavy atom. The zero-order valence-corrected chi connectivity index (χ0v) is 11.7. The standard InChI is InChI=1S/C13H17ClN2O3/c1-16-4-3-10(13(16)18)15-7-8-5-9(14)6-11(19-2)12(8)17/h5-6,10,15,17H,3-4,7H2,1-2H3. The van der Waals surface area contributed by atoms with Gasteiger partial charge < -0.3 is 20.1 Å². The summed E-state index contributed by atoms with van der Waals surface area (Å²) in [6.07, 6.45) is 0.772. The highest BCUT2D eigenvalue weighted by atomic mass is 35.5. The van der Waals surface area contributed by atoms with Crippen molar-refractivity contribution in [2.45, 2.75) is 19.0 Å². The molecule has 2 N–H and O–H groups in total. The Morgan fingerprint density at radius 3 is 2.89 bits per heavy atom. The first kappa shape index (κ1) is 14.0. The molecular formula is C13H17ClN2O3. The van der Waals surface area contributed by atoms with Crippen LogP contribution in [0.25, 0.3) is 0 Å².